The Morgan fingerprint density at radius 1 is 1.25 bits per heavy atom. The maximum atomic E-state index is 10.0. The van der Waals surface area contributed by atoms with E-state index in [0.29, 0.717) is 19.2 Å². The number of aliphatic hydroxyl groups excluding tert-OH is 1. The summed E-state index contributed by atoms with van der Waals surface area (Å²) >= 11 is 0. The van der Waals surface area contributed by atoms with Crippen LogP contribution in [-0.4, -0.2) is 74.0 Å². The second-order valence-corrected chi connectivity index (χ2v) is 7.11. The largest absolute Gasteiger partial charge is 0.389 e. The fourth-order valence-corrected chi connectivity index (χ4v) is 3.04. The number of ether oxygens (including phenoxy) is 1. The lowest BCUT2D eigenvalue weighted by Crippen LogP contribution is -2.49. The summed E-state index contributed by atoms with van der Waals surface area (Å²) in [7, 11) is 0. The van der Waals surface area contributed by atoms with Gasteiger partial charge >= 0.3 is 0 Å². The summed E-state index contributed by atoms with van der Waals surface area (Å²) in [6.45, 7) is 10.2. The Morgan fingerprint density at radius 2 is 2.00 bits per heavy atom. The molecule has 2 fully saturated rings. The lowest BCUT2D eigenvalue weighted by molar-refractivity contribution is 0.0368. The number of hydrogen-bond donors (Lipinski definition) is 3. The third-order valence-corrected chi connectivity index (χ3v) is 4.63. The Labute approximate surface area is 147 Å². The molecular weight excluding hydrogens is 304 g/mol. The van der Waals surface area contributed by atoms with Crippen LogP contribution in [0.15, 0.2) is 4.99 Å². The number of rotatable bonds is 10. The van der Waals surface area contributed by atoms with Crippen molar-refractivity contribution in [2.75, 3.05) is 45.9 Å². The smallest absolute Gasteiger partial charge is 0.191 e. The van der Waals surface area contributed by atoms with Gasteiger partial charge < -0.3 is 25.4 Å². The number of piperidine rings is 1. The van der Waals surface area contributed by atoms with Gasteiger partial charge in [-0.25, -0.2) is 0 Å². The highest BCUT2D eigenvalue weighted by molar-refractivity contribution is 5.80. The minimum Gasteiger partial charge on any atom is -0.389 e. The highest BCUT2D eigenvalue weighted by atomic mass is 16.5. The number of nitrogens with one attached hydrogen (secondary N) is 2. The summed E-state index contributed by atoms with van der Waals surface area (Å²) in [6, 6.07) is 0.471. The predicted molar refractivity (Wildman–Crippen MR) is 98.4 cm³/mol. The highest BCUT2D eigenvalue weighted by Gasteiger charge is 2.22. The van der Waals surface area contributed by atoms with Crippen molar-refractivity contribution in [1.29, 1.82) is 0 Å². The van der Waals surface area contributed by atoms with E-state index >= 15 is 0 Å². The van der Waals surface area contributed by atoms with Crippen molar-refractivity contribution in [3.63, 3.8) is 0 Å². The second kappa shape index (κ2) is 10.9. The van der Waals surface area contributed by atoms with Gasteiger partial charge in [-0.05, 0) is 51.5 Å². The van der Waals surface area contributed by atoms with E-state index in [1.165, 1.54) is 25.8 Å². The Morgan fingerprint density at radius 3 is 2.62 bits per heavy atom. The van der Waals surface area contributed by atoms with Crippen LogP contribution in [0, 0.1) is 5.92 Å². The standard InChI is InChI=1S/C18H36N4O2/c1-3-9-22-10-7-16(8-11-22)21-18(19-4-2)20-12-17(23)14-24-13-15-5-6-15/h15-17,23H,3-14H2,1-2H3,(H2,19,20,21). The zero-order valence-electron chi connectivity index (χ0n) is 15.5. The summed E-state index contributed by atoms with van der Waals surface area (Å²) in [6.07, 6.45) is 5.56. The fraction of sp³-hybridized carbons (Fsp3) is 0.944. The Balaban J connectivity index is 1.67. The molecule has 1 aliphatic heterocycles. The molecule has 0 aromatic carbocycles. The lowest BCUT2D eigenvalue weighted by Gasteiger charge is -2.32. The van der Waals surface area contributed by atoms with Crippen molar-refractivity contribution < 1.29 is 9.84 Å². The fourth-order valence-electron chi connectivity index (χ4n) is 3.04. The van der Waals surface area contributed by atoms with Crippen molar-refractivity contribution in [2.45, 2.75) is 58.1 Å². The molecule has 2 aliphatic rings. The average molecular weight is 341 g/mol. The maximum Gasteiger partial charge on any atom is 0.191 e. The van der Waals surface area contributed by atoms with Crippen molar-refractivity contribution >= 4 is 5.96 Å². The maximum absolute atomic E-state index is 10.0. The van der Waals surface area contributed by atoms with E-state index in [0.717, 1.165) is 51.0 Å². The van der Waals surface area contributed by atoms with E-state index < -0.39 is 6.10 Å². The van der Waals surface area contributed by atoms with E-state index in [1.807, 2.05) is 0 Å². The minimum absolute atomic E-state index is 0.384. The molecule has 1 heterocycles. The van der Waals surface area contributed by atoms with Gasteiger partial charge in [-0.1, -0.05) is 6.92 Å². The second-order valence-electron chi connectivity index (χ2n) is 7.11. The van der Waals surface area contributed by atoms with Gasteiger partial charge in [0.2, 0.25) is 0 Å². The molecule has 0 aromatic rings. The average Bonchev–Trinajstić information content (AvgIpc) is 3.39. The van der Waals surface area contributed by atoms with Crippen LogP contribution in [0.3, 0.4) is 0 Å². The molecule has 0 amide bonds. The molecule has 2 rings (SSSR count). The topological polar surface area (TPSA) is 69.1 Å². The van der Waals surface area contributed by atoms with Crippen LogP contribution >= 0.6 is 0 Å². The predicted octanol–water partition coefficient (Wildman–Crippen LogP) is 1.20. The van der Waals surface area contributed by atoms with Gasteiger partial charge in [-0.2, -0.15) is 0 Å². The highest BCUT2D eigenvalue weighted by Crippen LogP contribution is 2.28. The van der Waals surface area contributed by atoms with E-state index in [9.17, 15) is 5.11 Å². The number of aliphatic hydroxyl groups is 1. The molecule has 1 atom stereocenters. The number of likely N-dealkylation sites (tertiary alicyclic amines) is 1. The molecule has 6 nitrogen and oxygen atoms in total. The number of guanidine groups is 1. The van der Waals surface area contributed by atoms with Gasteiger partial charge in [0.15, 0.2) is 5.96 Å². The molecule has 1 saturated heterocycles. The van der Waals surface area contributed by atoms with Gasteiger partial charge in [-0.15, -0.1) is 0 Å². The number of aliphatic imine (C=N–C) groups is 1. The first-order chi connectivity index (χ1) is 11.7. The minimum atomic E-state index is -0.523. The molecule has 140 valence electrons. The Bertz CT molecular complexity index is 366. The summed E-state index contributed by atoms with van der Waals surface area (Å²) < 4.78 is 5.53. The van der Waals surface area contributed by atoms with E-state index in [1.54, 1.807) is 0 Å². The molecule has 6 heteroatoms. The first kappa shape index (κ1) is 19.5. The van der Waals surface area contributed by atoms with Gasteiger partial charge in [0.25, 0.3) is 0 Å². The zero-order chi connectivity index (χ0) is 17.2. The summed E-state index contributed by atoms with van der Waals surface area (Å²) in [4.78, 5) is 7.06. The van der Waals surface area contributed by atoms with Gasteiger partial charge in [0, 0.05) is 32.3 Å². The summed E-state index contributed by atoms with van der Waals surface area (Å²) in [5, 5.41) is 16.8. The third-order valence-electron chi connectivity index (χ3n) is 4.63. The van der Waals surface area contributed by atoms with E-state index in [2.05, 4.69) is 34.4 Å². The van der Waals surface area contributed by atoms with Crippen LogP contribution < -0.4 is 10.6 Å². The zero-order valence-corrected chi connectivity index (χ0v) is 15.5. The quantitative estimate of drug-likeness (QED) is 0.412. The van der Waals surface area contributed by atoms with Crippen LogP contribution in [0.25, 0.3) is 0 Å². The molecular formula is C18H36N4O2. The number of nitrogens with zero attached hydrogens (tertiary/aromatic N) is 2. The van der Waals surface area contributed by atoms with Crippen LogP contribution in [0.5, 0.6) is 0 Å². The summed E-state index contributed by atoms with van der Waals surface area (Å²) in [5.74, 6) is 1.55. The first-order valence-corrected chi connectivity index (χ1v) is 9.74. The van der Waals surface area contributed by atoms with Crippen molar-refractivity contribution in [3.05, 3.63) is 0 Å². The Hall–Kier alpha value is -0.850. The lowest BCUT2D eigenvalue weighted by atomic mass is 10.1. The van der Waals surface area contributed by atoms with Crippen LogP contribution in [0.2, 0.25) is 0 Å². The molecule has 3 N–H and O–H groups in total. The molecule has 24 heavy (non-hydrogen) atoms. The monoisotopic (exact) mass is 340 g/mol. The van der Waals surface area contributed by atoms with Gasteiger partial charge in [0.1, 0.15) is 0 Å². The van der Waals surface area contributed by atoms with Crippen LogP contribution in [-0.2, 0) is 4.74 Å². The van der Waals surface area contributed by atoms with Crippen LogP contribution in [0.4, 0.5) is 0 Å². The van der Waals surface area contributed by atoms with E-state index in [-0.39, 0.29) is 0 Å². The normalized spacial score (nSPS) is 21.7. The molecule has 1 aliphatic carbocycles. The van der Waals surface area contributed by atoms with Crippen molar-refractivity contribution in [2.24, 2.45) is 10.9 Å². The molecule has 0 aromatic heterocycles. The molecule has 1 unspecified atom stereocenters. The van der Waals surface area contributed by atoms with Gasteiger partial charge in [0.05, 0.1) is 19.3 Å². The van der Waals surface area contributed by atoms with Crippen molar-refractivity contribution in [3.8, 4) is 0 Å². The third kappa shape index (κ3) is 7.81. The molecule has 0 radical (unpaired) electrons. The molecule has 1 saturated carbocycles. The first-order valence-electron chi connectivity index (χ1n) is 9.74. The van der Waals surface area contributed by atoms with Crippen LogP contribution in [0.1, 0.15) is 46.0 Å². The number of hydrogen-bond acceptors (Lipinski definition) is 4. The molecule has 0 spiro atoms. The Kier molecular flexibility index (Phi) is 8.84. The van der Waals surface area contributed by atoms with Crippen molar-refractivity contribution in [1.82, 2.24) is 15.5 Å². The SMILES string of the molecule is CCCN1CCC(NC(=NCC(O)COCC2CC2)NCC)CC1. The van der Waals surface area contributed by atoms with Gasteiger partial charge in [-0.3, -0.25) is 4.99 Å². The van der Waals surface area contributed by atoms with E-state index in [4.69, 9.17) is 4.74 Å². The summed E-state index contributed by atoms with van der Waals surface area (Å²) in [5.41, 5.74) is 0. The molecule has 0 bridgehead atoms.